The van der Waals surface area contributed by atoms with Crippen LogP contribution in [0.2, 0.25) is 0 Å². The molecule has 0 unspecified atom stereocenters. The molecule has 2 fully saturated rings. The predicted octanol–water partition coefficient (Wildman–Crippen LogP) is 2.83. The van der Waals surface area contributed by atoms with Crippen LogP contribution in [0.4, 0.5) is 0 Å². The number of benzene rings is 1. The minimum Gasteiger partial charge on any atom is -0.497 e. The van der Waals surface area contributed by atoms with Crippen molar-refractivity contribution in [3.05, 3.63) is 54.1 Å². The van der Waals surface area contributed by atoms with Crippen LogP contribution in [0.25, 0.3) is 0 Å². The van der Waals surface area contributed by atoms with Crippen LogP contribution in [-0.4, -0.2) is 41.0 Å². The average molecular weight is 337 g/mol. The summed E-state index contributed by atoms with van der Waals surface area (Å²) in [7, 11) is 1.63. The molecule has 2 aliphatic rings. The van der Waals surface area contributed by atoms with Crippen LogP contribution in [0.3, 0.4) is 0 Å². The molecule has 1 saturated carbocycles. The Morgan fingerprint density at radius 2 is 2.04 bits per heavy atom. The summed E-state index contributed by atoms with van der Waals surface area (Å²) >= 11 is 0. The highest BCUT2D eigenvalue weighted by atomic mass is 16.5. The maximum atomic E-state index is 12.8. The van der Waals surface area contributed by atoms with Gasteiger partial charge in [-0.05, 0) is 61.3 Å². The molecule has 1 saturated heterocycles. The van der Waals surface area contributed by atoms with E-state index in [-0.39, 0.29) is 5.91 Å². The summed E-state index contributed by atoms with van der Waals surface area (Å²) in [6.45, 7) is 1.74. The molecule has 2 heterocycles. The van der Waals surface area contributed by atoms with Gasteiger partial charge in [0.1, 0.15) is 5.75 Å². The third-order valence-electron chi connectivity index (χ3n) is 5.72. The minimum atomic E-state index is 0.135. The molecule has 4 rings (SSSR count). The summed E-state index contributed by atoms with van der Waals surface area (Å²) < 4.78 is 5.17. The Hall–Kier alpha value is -2.43. The maximum Gasteiger partial charge on any atom is 0.253 e. The zero-order chi connectivity index (χ0) is 17.2. The first kappa shape index (κ1) is 16.1. The second kappa shape index (κ2) is 6.82. The van der Waals surface area contributed by atoms with Crippen molar-refractivity contribution in [3.63, 3.8) is 0 Å². The number of ether oxygens (including phenoxy) is 1. The van der Waals surface area contributed by atoms with Crippen molar-refractivity contribution in [2.75, 3.05) is 20.2 Å². The van der Waals surface area contributed by atoms with Gasteiger partial charge in [-0.1, -0.05) is 0 Å². The summed E-state index contributed by atoms with van der Waals surface area (Å²) in [5, 5.41) is 0. The standard InChI is InChI=1S/C20H23N3O2/c1-25-18-6-4-14(5-7-18)20(24)23-12-16-3-2-15(19(16)13-23)10-17-11-21-8-9-22-17/h4-9,11,15-16,19H,2-3,10,12-13H2,1H3/t15-,16-,19-/m1/s1. The van der Waals surface area contributed by atoms with Gasteiger partial charge < -0.3 is 9.64 Å². The first-order valence-electron chi connectivity index (χ1n) is 8.93. The molecule has 1 aromatic carbocycles. The van der Waals surface area contributed by atoms with Crippen LogP contribution < -0.4 is 4.74 Å². The predicted molar refractivity (Wildman–Crippen MR) is 94.3 cm³/mol. The van der Waals surface area contributed by atoms with Crippen molar-refractivity contribution in [1.82, 2.24) is 14.9 Å². The van der Waals surface area contributed by atoms with Gasteiger partial charge in [-0.25, -0.2) is 0 Å². The molecule has 0 N–H and O–H groups in total. The third-order valence-corrected chi connectivity index (χ3v) is 5.72. The van der Waals surface area contributed by atoms with Crippen LogP contribution in [0, 0.1) is 17.8 Å². The van der Waals surface area contributed by atoms with Crippen molar-refractivity contribution in [1.29, 1.82) is 0 Å². The summed E-state index contributed by atoms with van der Waals surface area (Å²) in [5.41, 5.74) is 1.80. The Labute approximate surface area is 148 Å². The number of likely N-dealkylation sites (tertiary alicyclic amines) is 1. The lowest BCUT2D eigenvalue weighted by Gasteiger charge is -2.20. The Morgan fingerprint density at radius 3 is 2.76 bits per heavy atom. The number of methoxy groups -OCH3 is 1. The Morgan fingerprint density at radius 1 is 1.20 bits per heavy atom. The number of fused-ring (bicyclic) bond motifs is 1. The van der Waals surface area contributed by atoms with Crippen molar-refractivity contribution >= 4 is 5.91 Å². The smallest absolute Gasteiger partial charge is 0.253 e. The van der Waals surface area contributed by atoms with Crippen molar-refractivity contribution in [2.45, 2.75) is 19.3 Å². The highest BCUT2D eigenvalue weighted by molar-refractivity contribution is 5.94. The van der Waals surface area contributed by atoms with E-state index in [4.69, 9.17) is 4.74 Å². The van der Waals surface area contributed by atoms with Crippen molar-refractivity contribution < 1.29 is 9.53 Å². The molecule has 0 spiro atoms. The second-order valence-electron chi connectivity index (χ2n) is 7.10. The summed E-state index contributed by atoms with van der Waals surface area (Å²) in [6.07, 6.45) is 8.75. The summed E-state index contributed by atoms with van der Waals surface area (Å²) in [6, 6.07) is 7.40. The molecule has 0 bridgehead atoms. The normalized spacial score (nSPS) is 25.0. The second-order valence-corrected chi connectivity index (χ2v) is 7.10. The molecular formula is C20H23N3O2. The lowest BCUT2D eigenvalue weighted by molar-refractivity contribution is 0.0776. The monoisotopic (exact) mass is 337 g/mol. The molecule has 130 valence electrons. The van der Waals surface area contributed by atoms with Gasteiger partial charge in [0.05, 0.1) is 12.8 Å². The van der Waals surface area contributed by atoms with Gasteiger partial charge in [0.25, 0.3) is 5.91 Å². The lowest BCUT2D eigenvalue weighted by atomic mass is 9.89. The van der Waals surface area contributed by atoms with E-state index in [9.17, 15) is 4.79 Å². The van der Waals surface area contributed by atoms with E-state index in [2.05, 4.69) is 9.97 Å². The topological polar surface area (TPSA) is 55.3 Å². The van der Waals surface area contributed by atoms with Gasteiger partial charge >= 0.3 is 0 Å². The molecule has 1 amide bonds. The van der Waals surface area contributed by atoms with E-state index in [1.54, 1.807) is 19.5 Å². The molecule has 3 atom stereocenters. The Kier molecular flexibility index (Phi) is 4.38. The molecule has 5 nitrogen and oxygen atoms in total. The number of hydrogen-bond donors (Lipinski definition) is 0. The highest BCUT2D eigenvalue weighted by Crippen LogP contribution is 2.43. The van der Waals surface area contributed by atoms with Gasteiger partial charge in [-0.3, -0.25) is 14.8 Å². The largest absolute Gasteiger partial charge is 0.497 e. The molecule has 5 heteroatoms. The zero-order valence-corrected chi connectivity index (χ0v) is 14.5. The molecule has 0 radical (unpaired) electrons. The molecule has 1 aliphatic carbocycles. The quantitative estimate of drug-likeness (QED) is 0.861. The first-order chi connectivity index (χ1) is 12.2. The fourth-order valence-corrected chi connectivity index (χ4v) is 4.42. The van der Waals surface area contributed by atoms with E-state index in [1.807, 2.05) is 35.4 Å². The van der Waals surface area contributed by atoms with E-state index in [0.717, 1.165) is 36.5 Å². The molecule has 1 aliphatic heterocycles. The first-order valence-corrected chi connectivity index (χ1v) is 8.93. The number of carbonyl (C=O) groups excluding carboxylic acids is 1. The van der Waals surface area contributed by atoms with E-state index >= 15 is 0 Å². The fraction of sp³-hybridized carbons (Fsp3) is 0.450. The van der Waals surface area contributed by atoms with Crippen molar-refractivity contribution in [2.24, 2.45) is 17.8 Å². The average Bonchev–Trinajstić information content (AvgIpc) is 3.24. The fourth-order valence-electron chi connectivity index (χ4n) is 4.42. The van der Waals surface area contributed by atoms with Gasteiger partial charge in [0, 0.05) is 37.2 Å². The molecule has 2 aromatic rings. The maximum absolute atomic E-state index is 12.8. The third kappa shape index (κ3) is 3.23. The number of amides is 1. The summed E-state index contributed by atoms with van der Waals surface area (Å²) in [4.78, 5) is 23.4. The van der Waals surface area contributed by atoms with Crippen LogP contribution in [0.15, 0.2) is 42.9 Å². The highest BCUT2D eigenvalue weighted by Gasteiger charge is 2.43. The Balaban J connectivity index is 1.42. The van der Waals surface area contributed by atoms with Gasteiger partial charge in [-0.15, -0.1) is 0 Å². The lowest BCUT2D eigenvalue weighted by Crippen LogP contribution is -2.30. The Bertz CT molecular complexity index is 732. The van der Waals surface area contributed by atoms with E-state index in [1.165, 1.54) is 12.8 Å². The number of nitrogens with zero attached hydrogens (tertiary/aromatic N) is 3. The molecule has 1 aromatic heterocycles. The number of aromatic nitrogens is 2. The van der Waals surface area contributed by atoms with Crippen LogP contribution in [0.1, 0.15) is 28.9 Å². The summed E-state index contributed by atoms with van der Waals surface area (Å²) in [5.74, 6) is 2.73. The minimum absolute atomic E-state index is 0.135. The number of hydrogen-bond acceptors (Lipinski definition) is 4. The van der Waals surface area contributed by atoms with Gasteiger partial charge in [-0.2, -0.15) is 0 Å². The molecule has 25 heavy (non-hydrogen) atoms. The van der Waals surface area contributed by atoms with Gasteiger partial charge in [0.15, 0.2) is 0 Å². The zero-order valence-electron chi connectivity index (χ0n) is 14.5. The van der Waals surface area contributed by atoms with Crippen LogP contribution in [0.5, 0.6) is 5.75 Å². The van der Waals surface area contributed by atoms with Gasteiger partial charge in [0.2, 0.25) is 0 Å². The van der Waals surface area contributed by atoms with E-state index < -0.39 is 0 Å². The number of rotatable bonds is 4. The van der Waals surface area contributed by atoms with Crippen LogP contribution >= 0.6 is 0 Å². The van der Waals surface area contributed by atoms with Crippen LogP contribution in [-0.2, 0) is 6.42 Å². The van der Waals surface area contributed by atoms with E-state index in [0.29, 0.717) is 17.8 Å². The molecular weight excluding hydrogens is 314 g/mol. The van der Waals surface area contributed by atoms with Crippen molar-refractivity contribution in [3.8, 4) is 5.75 Å². The number of carbonyl (C=O) groups is 1. The SMILES string of the molecule is COc1ccc(C(=O)N2C[C@H]3CC[C@H](Cc4cnccn4)[C@H]3C2)cc1.